The standard InChI is InChI=1S/C21H19FIN5O.H2/c1-13-5-6-15(10-16(13)20-25-11-14(22)12-26-20)27-21(29)19-17(23)7-9-28(19)18-4-2-3-8-24-18;/h2-6,8,10-12,17,19H,7,9H2,1H3,(H,27,29);1H/t17?,19-;/m1./s1. The van der Waals surface area contributed by atoms with Crippen molar-refractivity contribution >= 4 is 40.0 Å². The molecule has 3 aromatic rings. The number of nitrogens with zero attached hydrogens (tertiary/aromatic N) is 4. The molecule has 1 aromatic carbocycles. The van der Waals surface area contributed by atoms with Gasteiger partial charge in [0.15, 0.2) is 11.6 Å². The fourth-order valence-electron chi connectivity index (χ4n) is 3.45. The molecule has 0 aliphatic carbocycles. The Morgan fingerprint density at radius 3 is 2.76 bits per heavy atom. The van der Waals surface area contributed by atoms with Gasteiger partial charge in [-0.15, -0.1) is 0 Å². The summed E-state index contributed by atoms with van der Waals surface area (Å²) < 4.78 is 13.3. The highest BCUT2D eigenvalue weighted by atomic mass is 127. The lowest BCUT2D eigenvalue weighted by molar-refractivity contribution is -0.117. The third kappa shape index (κ3) is 4.21. The van der Waals surface area contributed by atoms with Gasteiger partial charge in [0, 0.05) is 29.3 Å². The van der Waals surface area contributed by atoms with E-state index in [1.165, 1.54) is 0 Å². The Hall–Kier alpha value is -2.62. The maximum atomic E-state index is 13.1. The second-order valence-corrected chi connectivity index (χ2v) is 8.47. The van der Waals surface area contributed by atoms with Gasteiger partial charge in [-0.25, -0.2) is 19.3 Å². The van der Waals surface area contributed by atoms with Crippen LogP contribution in [-0.2, 0) is 4.79 Å². The van der Waals surface area contributed by atoms with Crippen LogP contribution in [0, 0.1) is 12.7 Å². The van der Waals surface area contributed by atoms with E-state index in [2.05, 4.69) is 42.9 Å². The Labute approximate surface area is 183 Å². The van der Waals surface area contributed by atoms with Crippen molar-refractivity contribution < 1.29 is 10.6 Å². The molecule has 1 fully saturated rings. The number of aromatic nitrogens is 3. The average molecular weight is 505 g/mol. The van der Waals surface area contributed by atoms with E-state index in [0.29, 0.717) is 11.5 Å². The molecule has 1 N–H and O–H groups in total. The van der Waals surface area contributed by atoms with Crippen molar-refractivity contribution in [2.45, 2.75) is 23.3 Å². The predicted molar refractivity (Wildman–Crippen MR) is 121 cm³/mol. The SMILES string of the molecule is Cc1ccc(NC(=O)[C@H]2C(I)CCN2c2ccccn2)cc1-c1ncc(F)cn1.[HH]. The first-order chi connectivity index (χ1) is 14.0. The summed E-state index contributed by atoms with van der Waals surface area (Å²) >= 11 is 2.33. The third-order valence-corrected chi connectivity index (χ3v) is 6.21. The number of hydrogen-bond acceptors (Lipinski definition) is 5. The summed E-state index contributed by atoms with van der Waals surface area (Å²) in [5.74, 6) is 0.654. The maximum Gasteiger partial charge on any atom is 0.248 e. The van der Waals surface area contributed by atoms with Crippen LogP contribution in [-0.4, -0.2) is 37.4 Å². The highest BCUT2D eigenvalue weighted by Crippen LogP contribution is 2.30. The number of halogens is 2. The Morgan fingerprint density at radius 1 is 1.24 bits per heavy atom. The van der Waals surface area contributed by atoms with Crippen LogP contribution < -0.4 is 10.2 Å². The van der Waals surface area contributed by atoms with Gasteiger partial charge in [0.05, 0.1) is 12.4 Å². The second kappa shape index (κ2) is 8.40. The number of amides is 1. The number of nitrogens with one attached hydrogen (secondary N) is 1. The van der Waals surface area contributed by atoms with Gasteiger partial charge in [-0.05, 0) is 43.2 Å². The molecule has 3 heterocycles. The molecule has 1 saturated heterocycles. The first kappa shape index (κ1) is 19.7. The largest absolute Gasteiger partial charge is 0.343 e. The molecule has 1 aliphatic heterocycles. The molecule has 0 spiro atoms. The Kier molecular flexibility index (Phi) is 5.70. The lowest BCUT2D eigenvalue weighted by Crippen LogP contribution is -2.43. The van der Waals surface area contributed by atoms with Crippen LogP contribution in [0.5, 0.6) is 0 Å². The van der Waals surface area contributed by atoms with E-state index in [9.17, 15) is 9.18 Å². The number of aryl methyl sites for hydroxylation is 1. The van der Waals surface area contributed by atoms with Crippen LogP contribution in [0.25, 0.3) is 11.4 Å². The number of benzene rings is 1. The topological polar surface area (TPSA) is 71.0 Å². The molecule has 0 radical (unpaired) electrons. The Balaban J connectivity index is 0.00000256. The molecular weight excluding hydrogens is 484 g/mol. The number of hydrogen-bond donors (Lipinski definition) is 1. The first-order valence-electron chi connectivity index (χ1n) is 9.24. The minimum atomic E-state index is -0.486. The zero-order valence-corrected chi connectivity index (χ0v) is 17.9. The third-order valence-electron chi connectivity index (χ3n) is 4.90. The van der Waals surface area contributed by atoms with E-state index < -0.39 is 5.82 Å². The van der Waals surface area contributed by atoms with E-state index in [4.69, 9.17) is 0 Å². The summed E-state index contributed by atoms with van der Waals surface area (Å²) in [7, 11) is 0. The van der Waals surface area contributed by atoms with Crippen LogP contribution >= 0.6 is 22.6 Å². The fourth-order valence-corrected chi connectivity index (χ4v) is 4.44. The molecular formula is C21H21FIN5O. The van der Waals surface area contributed by atoms with Crippen molar-refractivity contribution in [3.05, 3.63) is 66.4 Å². The van der Waals surface area contributed by atoms with Gasteiger partial charge >= 0.3 is 0 Å². The summed E-state index contributed by atoms with van der Waals surface area (Å²) in [5.41, 5.74) is 2.35. The Morgan fingerprint density at radius 2 is 2.03 bits per heavy atom. The van der Waals surface area contributed by atoms with E-state index >= 15 is 0 Å². The summed E-state index contributed by atoms with van der Waals surface area (Å²) in [6.07, 6.45) is 4.92. The Bertz CT molecular complexity index is 1020. The van der Waals surface area contributed by atoms with Crippen molar-refractivity contribution in [3.63, 3.8) is 0 Å². The van der Waals surface area contributed by atoms with E-state index in [1.807, 2.05) is 48.2 Å². The van der Waals surface area contributed by atoms with Gasteiger partial charge in [-0.3, -0.25) is 4.79 Å². The summed E-state index contributed by atoms with van der Waals surface area (Å²) in [4.78, 5) is 27.7. The van der Waals surface area contributed by atoms with Crippen molar-refractivity contribution in [2.24, 2.45) is 0 Å². The molecule has 1 amide bonds. The monoisotopic (exact) mass is 505 g/mol. The van der Waals surface area contributed by atoms with Crippen LogP contribution in [0.1, 0.15) is 13.4 Å². The lowest BCUT2D eigenvalue weighted by atomic mass is 10.1. The molecule has 0 bridgehead atoms. The van der Waals surface area contributed by atoms with Crippen LogP contribution in [0.4, 0.5) is 15.9 Å². The van der Waals surface area contributed by atoms with E-state index in [0.717, 1.165) is 42.3 Å². The van der Waals surface area contributed by atoms with Crippen LogP contribution in [0.15, 0.2) is 55.0 Å². The second-order valence-electron chi connectivity index (χ2n) is 6.87. The summed E-state index contributed by atoms with van der Waals surface area (Å²) in [6, 6.07) is 11.0. The molecule has 1 aliphatic rings. The highest BCUT2D eigenvalue weighted by Gasteiger charge is 2.38. The predicted octanol–water partition coefficient (Wildman–Crippen LogP) is 4.25. The number of carbonyl (C=O) groups excluding carboxylic acids is 1. The van der Waals surface area contributed by atoms with Crippen molar-refractivity contribution in [2.75, 3.05) is 16.8 Å². The number of rotatable bonds is 4. The van der Waals surface area contributed by atoms with Gasteiger partial charge in [0.25, 0.3) is 0 Å². The van der Waals surface area contributed by atoms with E-state index in [1.54, 1.807) is 6.20 Å². The molecule has 6 nitrogen and oxygen atoms in total. The molecule has 4 rings (SSSR count). The van der Waals surface area contributed by atoms with E-state index in [-0.39, 0.29) is 17.3 Å². The molecule has 29 heavy (non-hydrogen) atoms. The summed E-state index contributed by atoms with van der Waals surface area (Å²) in [6.45, 7) is 2.71. The highest BCUT2D eigenvalue weighted by molar-refractivity contribution is 14.1. The minimum absolute atomic E-state index is 0. The number of anilines is 2. The number of pyridine rings is 1. The maximum absolute atomic E-state index is 13.1. The molecule has 1 unspecified atom stereocenters. The van der Waals surface area contributed by atoms with Gasteiger partial charge in [0.2, 0.25) is 5.91 Å². The zero-order valence-electron chi connectivity index (χ0n) is 15.7. The van der Waals surface area contributed by atoms with Crippen molar-refractivity contribution in [1.29, 1.82) is 0 Å². The average Bonchev–Trinajstić information content (AvgIpc) is 3.12. The minimum Gasteiger partial charge on any atom is -0.343 e. The van der Waals surface area contributed by atoms with Crippen molar-refractivity contribution in [3.8, 4) is 11.4 Å². The fraction of sp³-hybridized carbons (Fsp3) is 0.238. The summed E-state index contributed by atoms with van der Waals surface area (Å²) in [5, 5.41) is 3.02. The number of carbonyl (C=O) groups is 1. The van der Waals surface area contributed by atoms with Crippen molar-refractivity contribution in [1.82, 2.24) is 15.0 Å². The zero-order chi connectivity index (χ0) is 20.4. The molecule has 150 valence electrons. The van der Waals surface area contributed by atoms with Crippen LogP contribution in [0.2, 0.25) is 0 Å². The van der Waals surface area contributed by atoms with Gasteiger partial charge in [-0.1, -0.05) is 34.7 Å². The quantitative estimate of drug-likeness (QED) is 0.424. The van der Waals surface area contributed by atoms with Gasteiger partial charge in [-0.2, -0.15) is 0 Å². The van der Waals surface area contributed by atoms with Crippen LogP contribution in [0.3, 0.4) is 0 Å². The van der Waals surface area contributed by atoms with Gasteiger partial charge in [0.1, 0.15) is 11.9 Å². The smallest absolute Gasteiger partial charge is 0.248 e. The number of alkyl halides is 1. The first-order valence-corrected chi connectivity index (χ1v) is 10.5. The molecule has 2 atom stereocenters. The molecule has 8 heteroatoms. The van der Waals surface area contributed by atoms with Gasteiger partial charge < -0.3 is 10.2 Å². The molecule has 2 aromatic heterocycles. The lowest BCUT2D eigenvalue weighted by Gasteiger charge is -2.26. The normalized spacial score (nSPS) is 18.7. The molecule has 0 saturated carbocycles.